The van der Waals surface area contributed by atoms with Crippen molar-refractivity contribution >= 4 is 22.7 Å². The molecule has 0 aliphatic heterocycles. The molecule has 0 saturated carbocycles. The maximum atomic E-state index is 4.83. The Morgan fingerprint density at radius 1 is 1.05 bits per heavy atom. The van der Waals surface area contributed by atoms with Gasteiger partial charge in [0.2, 0.25) is 0 Å². The molecule has 1 aromatic heterocycles. The smallest absolute Gasteiger partial charge is 0.106 e. The third-order valence-electron chi connectivity index (χ3n) is 3.37. The maximum Gasteiger partial charge on any atom is 0.106 e. The molecular formula is C18H18N2S. The van der Waals surface area contributed by atoms with E-state index in [4.69, 9.17) is 4.98 Å². The van der Waals surface area contributed by atoms with Crippen molar-refractivity contribution in [3.05, 3.63) is 65.7 Å². The summed E-state index contributed by atoms with van der Waals surface area (Å²) in [7, 11) is 1.97. The molecule has 0 spiro atoms. The van der Waals surface area contributed by atoms with Crippen LogP contribution in [0.25, 0.3) is 10.9 Å². The highest BCUT2D eigenvalue weighted by Gasteiger charge is 2.08. The molecular weight excluding hydrogens is 276 g/mol. The van der Waals surface area contributed by atoms with Crippen LogP contribution in [0.5, 0.6) is 0 Å². The fourth-order valence-corrected chi connectivity index (χ4v) is 3.17. The van der Waals surface area contributed by atoms with E-state index >= 15 is 0 Å². The van der Waals surface area contributed by atoms with Crippen LogP contribution in [0.3, 0.4) is 0 Å². The number of para-hydroxylation sites is 1. The zero-order valence-corrected chi connectivity index (χ0v) is 13.1. The van der Waals surface area contributed by atoms with E-state index in [0.717, 1.165) is 17.1 Å². The monoisotopic (exact) mass is 294 g/mol. The Morgan fingerprint density at radius 2 is 1.81 bits per heavy atom. The van der Waals surface area contributed by atoms with Gasteiger partial charge in [0, 0.05) is 16.8 Å². The molecule has 3 rings (SSSR count). The van der Waals surface area contributed by atoms with Crippen LogP contribution in [0.1, 0.15) is 11.1 Å². The lowest BCUT2D eigenvalue weighted by atomic mass is 10.1. The van der Waals surface area contributed by atoms with Crippen LogP contribution in [-0.4, -0.2) is 12.0 Å². The van der Waals surface area contributed by atoms with Gasteiger partial charge in [-0.15, -0.1) is 0 Å². The first-order chi connectivity index (χ1) is 10.3. The van der Waals surface area contributed by atoms with Gasteiger partial charge in [0.15, 0.2) is 0 Å². The van der Waals surface area contributed by atoms with Gasteiger partial charge in [-0.3, -0.25) is 0 Å². The van der Waals surface area contributed by atoms with Crippen molar-refractivity contribution in [2.75, 3.05) is 7.05 Å². The van der Waals surface area contributed by atoms with Gasteiger partial charge in [0.25, 0.3) is 0 Å². The summed E-state index contributed by atoms with van der Waals surface area (Å²) in [4.78, 5) is 6.06. The van der Waals surface area contributed by atoms with Crippen LogP contribution < -0.4 is 5.32 Å². The Balaban J connectivity index is 2.02. The second kappa shape index (κ2) is 6.29. The van der Waals surface area contributed by atoms with Gasteiger partial charge in [-0.2, -0.15) is 0 Å². The van der Waals surface area contributed by atoms with Gasteiger partial charge in [0.05, 0.1) is 5.52 Å². The number of aromatic nitrogens is 1. The highest BCUT2D eigenvalue weighted by molar-refractivity contribution is 7.99. The largest absolute Gasteiger partial charge is 0.316 e. The number of fused-ring (bicyclic) bond motifs is 1. The molecule has 0 atom stereocenters. The van der Waals surface area contributed by atoms with E-state index in [2.05, 4.69) is 60.8 Å². The first kappa shape index (κ1) is 14.1. The second-order valence-electron chi connectivity index (χ2n) is 5.09. The predicted octanol–water partition coefficient (Wildman–Crippen LogP) is 4.41. The second-order valence-corrected chi connectivity index (χ2v) is 6.15. The zero-order chi connectivity index (χ0) is 14.7. The lowest BCUT2D eigenvalue weighted by Gasteiger charge is -2.10. The summed E-state index contributed by atoms with van der Waals surface area (Å²) >= 11 is 1.73. The predicted molar refractivity (Wildman–Crippen MR) is 89.8 cm³/mol. The molecule has 2 nitrogen and oxygen atoms in total. The van der Waals surface area contributed by atoms with Gasteiger partial charge >= 0.3 is 0 Å². The molecule has 2 aromatic carbocycles. The van der Waals surface area contributed by atoms with Gasteiger partial charge in [-0.05, 0) is 43.8 Å². The van der Waals surface area contributed by atoms with Crippen LogP contribution in [0.4, 0.5) is 0 Å². The van der Waals surface area contributed by atoms with Gasteiger partial charge in [-0.25, -0.2) is 4.98 Å². The highest BCUT2D eigenvalue weighted by atomic mass is 32.2. The summed E-state index contributed by atoms with van der Waals surface area (Å²) in [6, 6.07) is 19.1. The Bertz CT molecular complexity index is 751. The third kappa shape index (κ3) is 3.26. The summed E-state index contributed by atoms with van der Waals surface area (Å²) in [5.41, 5.74) is 3.56. The van der Waals surface area contributed by atoms with E-state index in [-0.39, 0.29) is 0 Å². The minimum atomic E-state index is 0.825. The first-order valence-electron chi connectivity index (χ1n) is 7.04. The SMILES string of the molecule is CNCc1cc2ccccc2nc1Sc1ccc(C)cc1. The standard InChI is InChI=1S/C18H18N2S/c1-13-7-9-16(10-8-13)21-18-15(12-19-2)11-14-5-3-4-6-17(14)20-18/h3-11,19H,12H2,1-2H3. The van der Waals surface area contributed by atoms with Crippen molar-refractivity contribution in [3.8, 4) is 0 Å². The average molecular weight is 294 g/mol. The molecule has 0 amide bonds. The Kier molecular flexibility index (Phi) is 4.23. The van der Waals surface area contributed by atoms with E-state index in [9.17, 15) is 0 Å². The van der Waals surface area contributed by atoms with Crippen molar-refractivity contribution in [3.63, 3.8) is 0 Å². The molecule has 0 aliphatic carbocycles. The van der Waals surface area contributed by atoms with Crippen molar-refractivity contribution in [2.45, 2.75) is 23.4 Å². The third-order valence-corrected chi connectivity index (χ3v) is 4.42. The number of pyridine rings is 1. The van der Waals surface area contributed by atoms with Crippen LogP contribution >= 0.6 is 11.8 Å². The summed E-state index contributed by atoms with van der Waals surface area (Å²) in [5.74, 6) is 0. The van der Waals surface area contributed by atoms with Crippen molar-refractivity contribution in [1.29, 1.82) is 0 Å². The van der Waals surface area contributed by atoms with Crippen LogP contribution in [0.2, 0.25) is 0 Å². The van der Waals surface area contributed by atoms with E-state index in [0.29, 0.717) is 0 Å². The van der Waals surface area contributed by atoms with E-state index in [1.807, 2.05) is 13.1 Å². The van der Waals surface area contributed by atoms with Crippen molar-refractivity contribution in [1.82, 2.24) is 10.3 Å². The number of hydrogen-bond acceptors (Lipinski definition) is 3. The number of aryl methyl sites for hydroxylation is 1. The summed E-state index contributed by atoms with van der Waals surface area (Å²) in [6.07, 6.45) is 0. The molecule has 1 heterocycles. The normalized spacial score (nSPS) is 11.0. The molecule has 0 radical (unpaired) electrons. The Morgan fingerprint density at radius 3 is 2.57 bits per heavy atom. The molecule has 0 saturated heterocycles. The topological polar surface area (TPSA) is 24.9 Å². The zero-order valence-electron chi connectivity index (χ0n) is 12.3. The molecule has 1 N–H and O–H groups in total. The number of nitrogens with one attached hydrogen (secondary N) is 1. The lowest BCUT2D eigenvalue weighted by molar-refractivity contribution is 0.794. The maximum absolute atomic E-state index is 4.83. The number of nitrogens with zero attached hydrogens (tertiary/aromatic N) is 1. The van der Waals surface area contributed by atoms with Gasteiger partial charge in [0.1, 0.15) is 5.03 Å². The molecule has 0 aliphatic rings. The summed E-state index contributed by atoms with van der Waals surface area (Å²) in [5, 5.41) is 5.50. The minimum Gasteiger partial charge on any atom is -0.316 e. The molecule has 3 aromatic rings. The quantitative estimate of drug-likeness (QED) is 0.771. The van der Waals surface area contributed by atoms with Crippen LogP contribution in [0.15, 0.2) is 64.5 Å². The molecule has 21 heavy (non-hydrogen) atoms. The van der Waals surface area contributed by atoms with Crippen molar-refractivity contribution in [2.24, 2.45) is 0 Å². The average Bonchev–Trinajstić information content (AvgIpc) is 2.50. The highest BCUT2D eigenvalue weighted by Crippen LogP contribution is 2.31. The molecule has 3 heteroatoms. The van der Waals surface area contributed by atoms with Crippen LogP contribution in [-0.2, 0) is 6.54 Å². The fraction of sp³-hybridized carbons (Fsp3) is 0.167. The Labute approximate surface area is 129 Å². The Hall–Kier alpha value is -1.84. The van der Waals surface area contributed by atoms with E-state index in [1.54, 1.807) is 11.8 Å². The summed E-state index contributed by atoms with van der Waals surface area (Å²) < 4.78 is 0. The number of rotatable bonds is 4. The number of hydrogen-bond donors (Lipinski definition) is 1. The molecule has 106 valence electrons. The lowest BCUT2D eigenvalue weighted by Crippen LogP contribution is -2.07. The molecule has 0 bridgehead atoms. The molecule has 0 fully saturated rings. The van der Waals surface area contributed by atoms with Crippen LogP contribution in [0, 0.1) is 6.92 Å². The first-order valence-corrected chi connectivity index (χ1v) is 7.86. The molecule has 0 unspecified atom stereocenters. The van der Waals surface area contributed by atoms with Gasteiger partial charge < -0.3 is 5.32 Å². The van der Waals surface area contributed by atoms with E-state index < -0.39 is 0 Å². The summed E-state index contributed by atoms with van der Waals surface area (Å²) in [6.45, 7) is 2.93. The number of benzene rings is 2. The van der Waals surface area contributed by atoms with Crippen molar-refractivity contribution < 1.29 is 0 Å². The van der Waals surface area contributed by atoms with E-state index in [1.165, 1.54) is 21.4 Å². The fourth-order valence-electron chi connectivity index (χ4n) is 2.27. The van der Waals surface area contributed by atoms with Gasteiger partial charge in [-0.1, -0.05) is 47.7 Å². The minimum absolute atomic E-state index is 0.825.